The van der Waals surface area contributed by atoms with Gasteiger partial charge in [0.25, 0.3) is 0 Å². The number of aromatic nitrogens is 1. The molecule has 1 heterocycles. The van der Waals surface area contributed by atoms with Gasteiger partial charge in [0.05, 0.1) is 5.69 Å². The Hall–Kier alpha value is -2.05. The molecule has 2 aromatic rings. The molecule has 1 aromatic carbocycles. The minimum Gasteiger partial charge on any atom is -0.441 e. The van der Waals surface area contributed by atoms with E-state index in [1.807, 2.05) is 37.3 Å². The van der Waals surface area contributed by atoms with Crippen molar-refractivity contribution in [2.24, 2.45) is 5.92 Å². The topological polar surface area (TPSA) is 46.3 Å². The van der Waals surface area contributed by atoms with Crippen molar-refractivity contribution in [2.45, 2.75) is 26.7 Å². The molecule has 0 amide bonds. The lowest BCUT2D eigenvalue weighted by atomic mass is 10.0. The van der Waals surface area contributed by atoms with Crippen LogP contribution in [0.2, 0.25) is 0 Å². The van der Waals surface area contributed by atoms with Crippen LogP contribution in [0.5, 0.6) is 0 Å². The van der Waals surface area contributed by atoms with Crippen molar-refractivity contribution in [1.29, 1.82) is 0 Å². The molecule has 0 saturated carbocycles. The van der Waals surface area contributed by atoms with Crippen LogP contribution >= 0.6 is 0 Å². The van der Waals surface area contributed by atoms with Gasteiger partial charge >= 0.3 is 0 Å². The molecule has 0 saturated heterocycles. The molecule has 0 radical (unpaired) electrons. The molecule has 3 heteroatoms. The van der Waals surface area contributed by atoms with E-state index in [0.717, 1.165) is 29.9 Å². The molecular formula is C17H19NO2. The lowest BCUT2D eigenvalue weighted by Gasteiger charge is -2.01. The Morgan fingerprint density at radius 1 is 1.30 bits per heavy atom. The lowest BCUT2D eigenvalue weighted by Crippen LogP contribution is -1.96. The molecule has 1 unspecified atom stereocenters. The molecule has 0 spiro atoms. The summed E-state index contributed by atoms with van der Waals surface area (Å²) < 4.78 is 5.73. The number of hydrogen-bond acceptors (Lipinski definition) is 3. The van der Waals surface area contributed by atoms with Gasteiger partial charge in [0.15, 0.2) is 0 Å². The first-order valence-electron chi connectivity index (χ1n) is 6.81. The summed E-state index contributed by atoms with van der Waals surface area (Å²) in [5.41, 5.74) is 1.98. The lowest BCUT2D eigenvalue weighted by molar-refractivity contribution is 0.350. The summed E-state index contributed by atoms with van der Waals surface area (Å²) in [5.74, 6) is 7.48. The minimum absolute atomic E-state index is 0.0779. The average molecular weight is 269 g/mol. The van der Waals surface area contributed by atoms with Gasteiger partial charge in [-0.05, 0) is 31.9 Å². The molecule has 1 atom stereocenters. The number of nitrogens with zero attached hydrogens (tertiary/aromatic N) is 1. The highest BCUT2D eigenvalue weighted by Gasteiger charge is 2.11. The van der Waals surface area contributed by atoms with E-state index in [4.69, 9.17) is 9.52 Å². The molecule has 1 N–H and O–H groups in total. The third-order valence-corrected chi connectivity index (χ3v) is 3.16. The number of aryl methyl sites for hydroxylation is 2. The molecular weight excluding hydrogens is 250 g/mol. The van der Waals surface area contributed by atoms with Crippen molar-refractivity contribution in [2.75, 3.05) is 6.61 Å². The first-order chi connectivity index (χ1) is 9.70. The standard InChI is InChI=1S/C17H19NO2/c1-13(7-6-12-19)10-11-16-14(2)20-17(18-16)15-8-4-3-5-9-15/h3-5,8-9,13,19H,10-12H2,1-2H3. The van der Waals surface area contributed by atoms with Crippen LogP contribution < -0.4 is 0 Å². The van der Waals surface area contributed by atoms with Gasteiger partial charge in [0.1, 0.15) is 12.4 Å². The highest BCUT2D eigenvalue weighted by Crippen LogP contribution is 2.22. The summed E-state index contributed by atoms with van der Waals surface area (Å²) in [6.45, 7) is 3.92. The normalized spacial score (nSPS) is 11.8. The second kappa shape index (κ2) is 6.93. The maximum Gasteiger partial charge on any atom is 0.226 e. The Morgan fingerprint density at radius 3 is 2.75 bits per heavy atom. The third kappa shape index (κ3) is 3.72. The van der Waals surface area contributed by atoms with E-state index in [1.54, 1.807) is 0 Å². The summed E-state index contributed by atoms with van der Waals surface area (Å²) in [6, 6.07) is 9.90. The molecule has 0 aliphatic rings. The number of aliphatic hydroxyl groups is 1. The van der Waals surface area contributed by atoms with Gasteiger partial charge in [0.2, 0.25) is 5.89 Å². The molecule has 0 aliphatic carbocycles. The Balaban J connectivity index is 2.05. The van der Waals surface area contributed by atoms with E-state index in [-0.39, 0.29) is 12.5 Å². The van der Waals surface area contributed by atoms with Crippen LogP contribution in [0.4, 0.5) is 0 Å². The van der Waals surface area contributed by atoms with Crippen LogP contribution in [0.25, 0.3) is 11.5 Å². The predicted molar refractivity (Wildman–Crippen MR) is 79.0 cm³/mol. The van der Waals surface area contributed by atoms with Crippen molar-refractivity contribution >= 4 is 0 Å². The van der Waals surface area contributed by atoms with E-state index in [0.29, 0.717) is 5.89 Å². The largest absolute Gasteiger partial charge is 0.441 e. The van der Waals surface area contributed by atoms with Crippen LogP contribution in [-0.4, -0.2) is 16.7 Å². The number of oxazole rings is 1. The number of rotatable bonds is 4. The Labute approximate surface area is 119 Å². The van der Waals surface area contributed by atoms with Crippen molar-refractivity contribution < 1.29 is 9.52 Å². The van der Waals surface area contributed by atoms with E-state index >= 15 is 0 Å². The SMILES string of the molecule is Cc1oc(-c2ccccc2)nc1CCC(C)C#CCO. The van der Waals surface area contributed by atoms with Gasteiger partial charge in [-0.25, -0.2) is 4.98 Å². The summed E-state index contributed by atoms with van der Waals surface area (Å²) in [5, 5.41) is 8.67. The zero-order chi connectivity index (χ0) is 14.4. The van der Waals surface area contributed by atoms with Gasteiger partial charge in [-0.2, -0.15) is 0 Å². The van der Waals surface area contributed by atoms with Crippen molar-refractivity contribution in [1.82, 2.24) is 4.98 Å². The van der Waals surface area contributed by atoms with Gasteiger partial charge in [-0.15, -0.1) is 0 Å². The Kier molecular flexibility index (Phi) is 4.97. The number of benzene rings is 1. The van der Waals surface area contributed by atoms with Crippen LogP contribution in [0.15, 0.2) is 34.7 Å². The van der Waals surface area contributed by atoms with E-state index in [9.17, 15) is 0 Å². The maximum atomic E-state index is 8.67. The fraction of sp³-hybridized carbons (Fsp3) is 0.353. The molecule has 3 nitrogen and oxygen atoms in total. The highest BCUT2D eigenvalue weighted by molar-refractivity contribution is 5.53. The van der Waals surface area contributed by atoms with Gasteiger partial charge < -0.3 is 9.52 Å². The zero-order valence-corrected chi connectivity index (χ0v) is 11.9. The second-order valence-electron chi connectivity index (χ2n) is 4.81. The molecule has 20 heavy (non-hydrogen) atoms. The van der Waals surface area contributed by atoms with E-state index < -0.39 is 0 Å². The molecule has 1 aromatic heterocycles. The van der Waals surface area contributed by atoms with Gasteiger partial charge in [-0.1, -0.05) is 37.0 Å². The van der Waals surface area contributed by atoms with Crippen LogP contribution in [0.3, 0.4) is 0 Å². The molecule has 0 aliphatic heterocycles. The van der Waals surface area contributed by atoms with Crippen molar-refractivity contribution in [3.8, 4) is 23.3 Å². The Bertz CT molecular complexity index is 605. The summed E-state index contributed by atoms with van der Waals surface area (Å²) >= 11 is 0. The van der Waals surface area contributed by atoms with E-state index in [1.165, 1.54) is 0 Å². The fourth-order valence-electron chi connectivity index (χ4n) is 2.01. The monoisotopic (exact) mass is 269 g/mol. The Morgan fingerprint density at radius 2 is 2.05 bits per heavy atom. The second-order valence-corrected chi connectivity index (χ2v) is 4.81. The molecule has 104 valence electrons. The number of hydrogen-bond donors (Lipinski definition) is 1. The highest BCUT2D eigenvalue weighted by atomic mass is 16.4. The molecule has 0 bridgehead atoms. The summed E-state index contributed by atoms with van der Waals surface area (Å²) in [6.07, 6.45) is 1.75. The first kappa shape index (κ1) is 14.4. The fourth-order valence-corrected chi connectivity index (χ4v) is 2.01. The molecule has 2 rings (SSSR count). The quantitative estimate of drug-likeness (QED) is 0.867. The first-order valence-corrected chi connectivity index (χ1v) is 6.81. The van der Waals surface area contributed by atoms with Crippen LogP contribution in [0.1, 0.15) is 24.8 Å². The van der Waals surface area contributed by atoms with Crippen LogP contribution in [-0.2, 0) is 6.42 Å². The average Bonchev–Trinajstić information content (AvgIpc) is 2.85. The van der Waals surface area contributed by atoms with Crippen LogP contribution in [0, 0.1) is 24.7 Å². The molecule has 0 fully saturated rings. The third-order valence-electron chi connectivity index (χ3n) is 3.16. The maximum absolute atomic E-state index is 8.67. The predicted octanol–water partition coefficient (Wildman–Crippen LogP) is 3.21. The van der Waals surface area contributed by atoms with Gasteiger partial charge in [0, 0.05) is 11.5 Å². The summed E-state index contributed by atoms with van der Waals surface area (Å²) in [7, 11) is 0. The minimum atomic E-state index is -0.0779. The summed E-state index contributed by atoms with van der Waals surface area (Å²) in [4.78, 5) is 4.57. The van der Waals surface area contributed by atoms with E-state index in [2.05, 4.69) is 23.7 Å². The smallest absolute Gasteiger partial charge is 0.226 e. The van der Waals surface area contributed by atoms with Crippen molar-refractivity contribution in [3.63, 3.8) is 0 Å². The van der Waals surface area contributed by atoms with Crippen molar-refractivity contribution in [3.05, 3.63) is 41.8 Å². The zero-order valence-electron chi connectivity index (χ0n) is 11.9. The number of aliphatic hydroxyl groups excluding tert-OH is 1. The van der Waals surface area contributed by atoms with Gasteiger partial charge in [-0.3, -0.25) is 0 Å².